The highest BCUT2D eigenvalue weighted by Crippen LogP contribution is 2.35. The van der Waals surface area contributed by atoms with Crippen LogP contribution in [0.2, 0.25) is 0 Å². The highest BCUT2D eigenvalue weighted by atomic mass is 16.5. The van der Waals surface area contributed by atoms with Crippen molar-refractivity contribution in [2.75, 3.05) is 13.2 Å². The second-order valence-electron chi connectivity index (χ2n) is 3.39. The number of hydrogen-bond acceptors (Lipinski definition) is 2. The van der Waals surface area contributed by atoms with Crippen LogP contribution in [-0.2, 0) is 0 Å². The van der Waals surface area contributed by atoms with Crippen LogP contribution >= 0.6 is 0 Å². The van der Waals surface area contributed by atoms with Gasteiger partial charge in [-0.1, -0.05) is 25.1 Å². The van der Waals surface area contributed by atoms with Crippen molar-refractivity contribution in [3.8, 4) is 11.5 Å². The smallest absolute Gasteiger partial charge is 0.165 e. The SMILES string of the molecule is C=C[C](C)c1cccc(OCC)c1OCC. The van der Waals surface area contributed by atoms with Crippen molar-refractivity contribution in [3.05, 3.63) is 42.3 Å². The summed E-state index contributed by atoms with van der Waals surface area (Å²) in [7, 11) is 0. The van der Waals surface area contributed by atoms with Crippen LogP contribution in [0.4, 0.5) is 0 Å². The molecule has 0 aliphatic carbocycles. The molecule has 0 aliphatic rings. The van der Waals surface area contributed by atoms with Crippen LogP contribution in [0.5, 0.6) is 11.5 Å². The van der Waals surface area contributed by atoms with Crippen molar-refractivity contribution in [3.63, 3.8) is 0 Å². The zero-order valence-electron chi connectivity index (χ0n) is 10.2. The van der Waals surface area contributed by atoms with Crippen LogP contribution < -0.4 is 9.47 Å². The topological polar surface area (TPSA) is 18.5 Å². The highest BCUT2D eigenvalue weighted by Gasteiger charge is 2.14. The number of para-hydroxylation sites is 1. The summed E-state index contributed by atoms with van der Waals surface area (Å²) in [4.78, 5) is 0. The molecule has 0 atom stereocenters. The van der Waals surface area contributed by atoms with Gasteiger partial charge in [0, 0.05) is 11.5 Å². The van der Waals surface area contributed by atoms with Gasteiger partial charge in [-0.25, -0.2) is 0 Å². The maximum absolute atomic E-state index is 5.65. The molecule has 0 amide bonds. The molecule has 1 aromatic rings. The lowest BCUT2D eigenvalue weighted by atomic mass is 10.00. The molecule has 16 heavy (non-hydrogen) atoms. The minimum absolute atomic E-state index is 0.626. The Balaban J connectivity index is 3.14. The Morgan fingerprint density at radius 3 is 2.50 bits per heavy atom. The first-order valence-corrected chi connectivity index (χ1v) is 5.59. The first kappa shape index (κ1) is 12.6. The van der Waals surface area contributed by atoms with E-state index in [-0.39, 0.29) is 0 Å². The average Bonchev–Trinajstić information content (AvgIpc) is 2.31. The first-order valence-electron chi connectivity index (χ1n) is 5.59. The van der Waals surface area contributed by atoms with Gasteiger partial charge in [-0.2, -0.15) is 0 Å². The minimum Gasteiger partial charge on any atom is -0.490 e. The van der Waals surface area contributed by atoms with Crippen molar-refractivity contribution in [1.82, 2.24) is 0 Å². The molecule has 0 aromatic heterocycles. The van der Waals surface area contributed by atoms with E-state index in [2.05, 4.69) is 6.58 Å². The summed E-state index contributed by atoms with van der Waals surface area (Å²) >= 11 is 0. The first-order chi connectivity index (χ1) is 7.74. The highest BCUT2D eigenvalue weighted by molar-refractivity contribution is 5.54. The van der Waals surface area contributed by atoms with Gasteiger partial charge >= 0.3 is 0 Å². The van der Waals surface area contributed by atoms with E-state index in [4.69, 9.17) is 9.47 Å². The monoisotopic (exact) mass is 219 g/mol. The van der Waals surface area contributed by atoms with Gasteiger partial charge in [0.15, 0.2) is 11.5 Å². The zero-order chi connectivity index (χ0) is 12.0. The molecule has 1 radical (unpaired) electrons. The molecule has 0 N–H and O–H groups in total. The summed E-state index contributed by atoms with van der Waals surface area (Å²) in [6.45, 7) is 11.0. The maximum atomic E-state index is 5.65. The van der Waals surface area contributed by atoms with E-state index in [1.54, 1.807) is 0 Å². The third-order valence-electron chi connectivity index (χ3n) is 2.30. The Morgan fingerprint density at radius 1 is 1.25 bits per heavy atom. The molecule has 0 bridgehead atoms. The number of benzene rings is 1. The molecule has 0 spiro atoms. The Bertz CT molecular complexity index is 345. The van der Waals surface area contributed by atoms with E-state index in [9.17, 15) is 0 Å². The fourth-order valence-electron chi connectivity index (χ4n) is 1.50. The number of ether oxygens (including phenoxy) is 2. The molecular formula is C14H19O2. The van der Waals surface area contributed by atoms with Gasteiger partial charge in [0.2, 0.25) is 0 Å². The predicted molar refractivity (Wildman–Crippen MR) is 67.0 cm³/mol. The molecule has 87 valence electrons. The molecular weight excluding hydrogens is 200 g/mol. The third-order valence-corrected chi connectivity index (χ3v) is 2.30. The summed E-state index contributed by atoms with van der Waals surface area (Å²) < 4.78 is 11.2. The van der Waals surface area contributed by atoms with Crippen LogP contribution in [0.1, 0.15) is 26.3 Å². The molecule has 2 nitrogen and oxygen atoms in total. The van der Waals surface area contributed by atoms with Gasteiger partial charge in [0.1, 0.15) is 0 Å². The molecule has 0 saturated carbocycles. The second-order valence-corrected chi connectivity index (χ2v) is 3.39. The fraction of sp³-hybridized carbons (Fsp3) is 0.357. The third kappa shape index (κ3) is 2.78. The van der Waals surface area contributed by atoms with E-state index in [1.807, 2.05) is 45.0 Å². The lowest BCUT2D eigenvalue weighted by Crippen LogP contribution is -2.03. The summed E-state index contributed by atoms with van der Waals surface area (Å²) in [5.74, 6) is 2.69. The van der Waals surface area contributed by atoms with Gasteiger partial charge in [0.25, 0.3) is 0 Å². The molecule has 0 unspecified atom stereocenters. The van der Waals surface area contributed by atoms with Crippen LogP contribution in [-0.4, -0.2) is 13.2 Å². The van der Waals surface area contributed by atoms with Crippen molar-refractivity contribution >= 4 is 0 Å². The van der Waals surface area contributed by atoms with E-state index in [1.165, 1.54) is 0 Å². The van der Waals surface area contributed by atoms with Crippen molar-refractivity contribution in [2.45, 2.75) is 20.8 Å². The molecule has 2 heteroatoms. The lowest BCUT2D eigenvalue weighted by Gasteiger charge is -2.16. The van der Waals surface area contributed by atoms with Gasteiger partial charge in [-0.15, -0.1) is 6.58 Å². The van der Waals surface area contributed by atoms with Crippen molar-refractivity contribution < 1.29 is 9.47 Å². The quantitative estimate of drug-likeness (QED) is 0.727. The van der Waals surface area contributed by atoms with Gasteiger partial charge < -0.3 is 9.47 Å². The Labute approximate surface area is 97.9 Å². The molecule has 1 rings (SSSR count). The lowest BCUT2D eigenvalue weighted by molar-refractivity contribution is 0.286. The van der Waals surface area contributed by atoms with Crippen LogP contribution in [0, 0.1) is 5.92 Å². The Kier molecular flexibility index (Phi) is 4.90. The zero-order valence-corrected chi connectivity index (χ0v) is 10.2. The van der Waals surface area contributed by atoms with E-state index in [0.717, 1.165) is 23.0 Å². The summed E-state index contributed by atoms with van der Waals surface area (Å²) in [5, 5.41) is 0. The predicted octanol–water partition coefficient (Wildman–Crippen LogP) is 3.61. The second kappa shape index (κ2) is 6.21. The molecule has 0 saturated heterocycles. The van der Waals surface area contributed by atoms with Crippen LogP contribution in [0.25, 0.3) is 0 Å². The normalized spacial score (nSPS) is 10.2. The van der Waals surface area contributed by atoms with E-state index >= 15 is 0 Å². The van der Waals surface area contributed by atoms with Gasteiger partial charge in [-0.3, -0.25) is 0 Å². The number of hydrogen-bond donors (Lipinski definition) is 0. The summed E-state index contributed by atoms with van der Waals surface area (Å²) in [5.41, 5.74) is 1.04. The number of allylic oxidation sites excluding steroid dienone is 1. The Morgan fingerprint density at radius 2 is 1.94 bits per heavy atom. The van der Waals surface area contributed by atoms with Crippen LogP contribution in [0.3, 0.4) is 0 Å². The van der Waals surface area contributed by atoms with E-state index in [0.29, 0.717) is 13.2 Å². The summed E-state index contributed by atoms with van der Waals surface area (Å²) in [6, 6.07) is 5.91. The summed E-state index contributed by atoms with van der Waals surface area (Å²) in [6.07, 6.45) is 1.83. The maximum Gasteiger partial charge on any atom is 0.165 e. The fourth-order valence-corrected chi connectivity index (χ4v) is 1.50. The molecule has 0 aliphatic heterocycles. The molecule has 0 fully saturated rings. The standard InChI is InChI=1S/C14H19O2/c1-5-11(4)12-9-8-10-13(15-6-2)14(12)16-7-3/h5,8-10H,1,6-7H2,2-4H3. The Hall–Kier alpha value is -1.44. The van der Waals surface area contributed by atoms with Crippen molar-refractivity contribution in [1.29, 1.82) is 0 Å². The van der Waals surface area contributed by atoms with E-state index < -0.39 is 0 Å². The van der Waals surface area contributed by atoms with Crippen LogP contribution in [0.15, 0.2) is 30.9 Å². The van der Waals surface area contributed by atoms with Crippen molar-refractivity contribution in [2.24, 2.45) is 0 Å². The largest absolute Gasteiger partial charge is 0.490 e. The van der Waals surface area contributed by atoms with Gasteiger partial charge in [-0.05, 0) is 19.9 Å². The number of rotatable bonds is 6. The van der Waals surface area contributed by atoms with Gasteiger partial charge in [0.05, 0.1) is 13.2 Å². The average molecular weight is 219 g/mol. The molecule has 0 heterocycles. The minimum atomic E-state index is 0.626. The molecule has 1 aromatic carbocycles.